The van der Waals surface area contributed by atoms with Gasteiger partial charge in [-0.2, -0.15) is 13.2 Å². The molecule has 0 bridgehead atoms. The smallest absolute Gasteiger partial charge is 0.309 e. The maximum Gasteiger partial charge on any atom is 0.443 e. The first-order chi connectivity index (χ1) is 9.34. The Morgan fingerprint density at radius 2 is 2.05 bits per heavy atom. The van der Waals surface area contributed by atoms with Crippen LogP contribution < -0.4 is 5.32 Å². The van der Waals surface area contributed by atoms with E-state index in [1.807, 2.05) is 25.1 Å². The molecule has 108 valence electrons. The van der Waals surface area contributed by atoms with Crippen LogP contribution in [0.25, 0.3) is 0 Å². The summed E-state index contributed by atoms with van der Waals surface area (Å²) >= 11 is 2.90. The van der Waals surface area contributed by atoms with E-state index in [0.29, 0.717) is 16.2 Å². The third kappa shape index (κ3) is 3.15. The van der Waals surface area contributed by atoms with Gasteiger partial charge >= 0.3 is 6.18 Å². The first-order valence-corrected chi connectivity index (χ1v) is 7.69. The van der Waals surface area contributed by atoms with Gasteiger partial charge in [0.05, 0.1) is 6.04 Å². The zero-order chi connectivity index (χ0) is 14.9. The van der Waals surface area contributed by atoms with E-state index in [-0.39, 0.29) is 6.04 Å². The van der Waals surface area contributed by atoms with Gasteiger partial charge in [0, 0.05) is 14.6 Å². The summed E-state index contributed by atoms with van der Waals surface area (Å²) in [5.74, 6) is 0. The number of aryl methyl sites for hydroxylation is 1. The summed E-state index contributed by atoms with van der Waals surface area (Å²) in [6.07, 6.45) is -3.09. The predicted molar refractivity (Wildman–Crippen MR) is 81.9 cm³/mol. The molecule has 1 unspecified atom stereocenters. The number of hydrogen-bond acceptors (Lipinski definition) is 3. The summed E-state index contributed by atoms with van der Waals surface area (Å²) in [6, 6.07) is 5.52. The molecule has 1 N–H and O–H groups in total. The van der Waals surface area contributed by atoms with E-state index >= 15 is 0 Å². The van der Waals surface area contributed by atoms with Crippen molar-refractivity contribution in [2.24, 2.45) is 0 Å². The van der Waals surface area contributed by atoms with Crippen LogP contribution in [0.15, 0.2) is 24.4 Å². The van der Waals surface area contributed by atoms with Crippen LogP contribution in [0.1, 0.15) is 27.1 Å². The Bertz CT molecular complexity index is 610. The molecular formula is C13H12F3IN2S. The van der Waals surface area contributed by atoms with E-state index in [1.54, 1.807) is 7.05 Å². The number of nitrogens with zero attached hydrogens (tertiary/aromatic N) is 1. The summed E-state index contributed by atoms with van der Waals surface area (Å²) in [5.41, 5.74) is 2.06. The zero-order valence-electron chi connectivity index (χ0n) is 10.8. The van der Waals surface area contributed by atoms with Crippen molar-refractivity contribution in [1.29, 1.82) is 0 Å². The minimum absolute atomic E-state index is 0.282. The second kappa shape index (κ2) is 5.98. The lowest BCUT2D eigenvalue weighted by Gasteiger charge is -2.17. The molecule has 0 saturated heterocycles. The summed E-state index contributed by atoms with van der Waals surface area (Å²) in [7, 11) is 1.73. The Hall–Kier alpha value is -0.670. The normalized spacial score (nSPS) is 13.5. The number of benzene rings is 1. The van der Waals surface area contributed by atoms with Crippen molar-refractivity contribution >= 4 is 33.9 Å². The Labute approximate surface area is 132 Å². The first-order valence-electron chi connectivity index (χ1n) is 5.79. The number of nitrogens with one attached hydrogen (secondary N) is 1. The van der Waals surface area contributed by atoms with Gasteiger partial charge in [-0.1, -0.05) is 18.2 Å². The maximum atomic E-state index is 12.6. The Morgan fingerprint density at radius 1 is 1.35 bits per heavy atom. The molecular weight excluding hydrogens is 400 g/mol. The van der Waals surface area contributed by atoms with Crippen LogP contribution in [0.4, 0.5) is 13.2 Å². The molecule has 0 aliphatic carbocycles. The lowest BCUT2D eigenvalue weighted by Crippen LogP contribution is -2.18. The average molecular weight is 412 g/mol. The number of rotatable bonds is 3. The Kier molecular flexibility index (Phi) is 4.70. The SMILES string of the molecule is CNC(c1cnc(C(F)(F)F)s1)c1cccc(C)c1I. The van der Waals surface area contributed by atoms with Crippen molar-refractivity contribution in [3.05, 3.63) is 49.0 Å². The third-order valence-electron chi connectivity index (χ3n) is 2.87. The van der Waals surface area contributed by atoms with Crippen LogP contribution in [-0.2, 0) is 6.18 Å². The lowest BCUT2D eigenvalue weighted by atomic mass is 10.0. The first kappa shape index (κ1) is 15.7. The molecule has 0 radical (unpaired) electrons. The third-order valence-corrected chi connectivity index (χ3v) is 5.45. The van der Waals surface area contributed by atoms with Crippen LogP contribution in [0.3, 0.4) is 0 Å². The van der Waals surface area contributed by atoms with Crippen molar-refractivity contribution in [2.45, 2.75) is 19.1 Å². The average Bonchev–Trinajstić information content (AvgIpc) is 2.85. The van der Waals surface area contributed by atoms with E-state index in [2.05, 4.69) is 32.9 Å². The fourth-order valence-corrected chi connectivity index (χ4v) is 3.48. The van der Waals surface area contributed by atoms with Crippen LogP contribution >= 0.6 is 33.9 Å². The highest BCUT2D eigenvalue weighted by atomic mass is 127. The molecule has 1 atom stereocenters. The van der Waals surface area contributed by atoms with Crippen LogP contribution in [0, 0.1) is 10.5 Å². The molecule has 0 spiro atoms. The Balaban J connectivity index is 2.43. The summed E-state index contributed by atoms with van der Waals surface area (Å²) in [5, 5.41) is 2.26. The molecule has 1 aromatic heterocycles. The number of hydrogen-bond donors (Lipinski definition) is 1. The van der Waals surface area contributed by atoms with Crippen molar-refractivity contribution in [2.75, 3.05) is 7.05 Å². The van der Waals surface area contributed by atoms with Crippen molar-refractivity contribution in [1.82, 2.24) is 10.3 Å². The molecule has 0 saturated carbocycles. The molecule has 7 heteroatoms. The topological polar surface area (TPSA) is 24.9 Å². The van der Waals surface area contributed by atoms with Gasteiger partial charge < -0.3 is 5.32 Å². The molecule has 2 aromatic rings. The fourth-order valence-electron chi connectivity index (χ4n) is 1.90. The molecule has 0 amide bonds. The summed E-state index contributed by atoms with van der Waals surface area (Å²) in [4.78, 5) is 4.04. The minimum Gasteiger partial charge on any atom is -0.309 e. The van der Waals surface area contributed by atoms with Gasteiger partial charge in [0.1, 0.15) is 0 Å². The molecule has 20 heavy (non-hydrogen) atoms. The van der Waals surface area contributed by atoms with Gasteiger partial charge in [0.25, 0.3) is 0 Å². The van der Waals surface area contributed by atoms with Gasteiger partial charge in [-0.25, -0.2) is 4.98 Å². The predicted octanol–water partition coefficient (Wildman–Crippen LogP) is 4.38. The van der Waals surface area contributed by atoms with E-state index in [4.69, 9.17) is 0 Å². The minimum atomic E-state index is -4.39. The second-order valence-corrected chi connectivity index (χ2v) is 6.41. The number of alkyl halides is 3. The second-order valence-electron chi connectivity index (χ2n) is 4.27. The summed E-state index contributed by atoms with van der Waals surface area (Å²) < 4.78 is 39.0. The highest BCUT2D eigenvalue weighted by Gasteiger charge is 2.35. The van der Waals surface area contributed by atoms with Gasteiger partial charge in [0.15, 0.2) is 5.01 Å². The van der Waals surface area contributed by atoms with Crippen LogP contribution in [-0.4, -0.2) is 12.0 Å². The number of aromatic nitrogens is 1. The fraction of sp³-hybridized carbons (Fsp3) is 0.308. The number of halogens is 4. The van der Waals surface area contributed by atoms with Crippen LogP contribution in [0.2, 0.25) is 0 Å². The molecule has 1 heterocycles. The Morgan fingerprint density at radius 3 is 2.60 bits per heavy atom. The standard InChI is InChI=1S/C13H12F3IN2S/c1-7-4-3-5-8(10(7)17)11(18-2)9-6-19-12(20-9)13(14,15)16/h3-6,11,18H,1-2H3. The molecule has 0 aliphatic heterocycles. The molecule has 1 aromatic carbocycles. The molecule has 0 fully saturated rings. The van der Waals surface area contributed by atoms with E-state index < -0.39 is 11.2 Å². The lowest BCUT2D eigenvalue weighted by molar-refractivity contribution is -0.137. The molecule has 0 aliphatic rings. The van der Waals surface area contributed by atoms with E-state index in [1.165, 1.54) is 6.20 Å². The van der Waals surface area contributed by atoms with E-state index in [0.717, 1.165) is 14.7 Å². The molecule has 2 rings (SSSR count). The zero-order valence-corrected chi connectivity index (χ0v) is 13.7. The van der Waals surface area contributed by atoms with Crippen molar-refractivity contribution in [3.8, 4) is 0 Å². The van der Waals surface area contributed by atoms with Crippen molar-refractivity contribution < 1.29 is 13.2 Å². The molecule has 2 nitrogen and oxygen atoms in total. The van der Waals surface area contributed by atoms with Gasteiger partial charge in [-0.3, -0.25) is 0 Å². The number of thiazole rings is 1. The maximum absolute atomic E-state index is 12.6. The monoisotopic (exact) mass is 412 g/mol. The van der Waals surface area contributed by atoms with Crippen LogP contribution in [0.5, 0.6) is 0 Å². The largest absolute Gasteiger partial charge is 0.443 e. The van der Waals surface area contributed by atoms with E-state index in [9.17, 15) is 13.2 Å². The highest BCUT2D eigenvalue weighted by molar-refractivity contribution is 14.1. The van der Waals surface area contributed by atoms with Gasteiger partial charge in [0.2, 0.25) is 0 Å². The summed E-state index contributed by atoms with van der Waals surface area (Å²) in [6.45, 7) is 1.98. The quantitative estimate of drug-likeness (QED) is 0.757. The highest BCUT2D eigenvalue weighted by Crippen LogP contribution is 2.37. The van der Waals surface area contributed by atoms with Gasteiger partial charge in [-0.15, -0.1) is 11.3 Å². The van der Waals surface area contributed by atoms with Gasteiger partial charge in [-0.05, 0) is 47.7 Å². The van der Waals surface area contributed by atoms with Crippen molar-refractivity contribution in [3.63, 3.8) is 0 Å².